The summed E-state index contributed by atoms with van der Waals surface area (Å²) in [6, 6.07) is 6.20. The molecule has 1 fully saturated rings. The van der Waals surface area contributed by atoms with E-state index in [2.05, 4.69) is 33.7 Å². The van der Waals surface area contributed by atoms with Crippen molar-refractivity contribution in [2.45, 2.75) is 12.8 Å². The van der Waals surface area contributed by atoms with Crippen molar-refractivity contribution >= 4 is 16.9 Å². The Bertz CT molecular complexity index is 916. The molecule has 4 heterocycles. The van der Waals surface area contributed by atoms with Gasteiger partial charge in [0.25, 0.3) is 0 Å². The standard InChI is InChI=1S/C20H20N4O/c1-2-19(25)24-7-5-14(13-24)8-15-9-17-18(12-23-20(17)22-10-15)16-4-3-6-21-11-16/h2-4,6,9-12,14H,1,5,7-8,13H2,(H,22,23)/t14-/m0/s1. The largest absolute Gasteiger partial charge is 0.346 e. The van der Waals surface area contributed by atoms with E-state index in [9.17, 15) is 4.79 Å². The molecule has 126 valence electrons. The second kappa shape index (κ2) is 6.51. The summed E-state index contributed by atoms with van der Waals surface area (Å²) in [5.74, 6) is 0.504. The first kappa shape index (κ1) is 15.6. The quantitative estimate of drug-likeness (QED) is 0.746. The van der Waals surface area contributed by atoms with E-state index in [-0.39, 0.29) is 5.91 Å². The number of aromatic nitrogens is 3. The Morgan fingerprint density at radius 3 is 3.16 bits per heavy atom. The molecule has 25 heavy (non-hydrogen) atoms. The maximum atomic E-state index is 11.7. The highest BCUT2D eigenvalue weighted by molar-refractivity contribution is 5.93. The molecule has 1 aliphatic rings. The molecular weight excluding hydrogens is 312 g/mol. The van der Waals surface area contributed by atoms with Crippen LogP contribution in [0.5, 0.6) is 0 Å². The molecule has 4 rings (SSSR count). The molecule has 1 amide bonds. The van der Waals surface area contributed by atoms with E-state index in [1.54, 1.807) is 6.20 Å². The fourth-order valence-corrected chi connectivity index (χ4v) is 3.58. The predicted molar refractivity (Wildman–Crippen MR) is 97.9 cm³/mol. The van der Waals surface area contributed by atoms with E-state index in [0.717, 1.165) is 48.1 Å². The second-order valence-electron chi connectivity index (χ2n) is 6.53. The number of likely N-dealkylation sites (tertiary alicyclic amines) is 1. The van der Waals surface area contributed by atoms with Crippen LogP contribution in [0.3, 0.4) is 0 Å². The van der Waals surface area contributed by atoms with Crippen molar-refractivity contribution in [3.8, 4) is 11.1 Å². The van der Waals surface area contributed by atoms with Crippen LogP contribution in [0.2, 0.25) is 0 Å². The van der Waals surface area contributed by atoms with Crippen molar-refractivity contribution in [2.75, 3.05) is 13.1 Å². The van der Waals surface area contributed by atoms with Gasteiger partial charge >= 0.3 is 0 Å². The molecule has 1 aliphatic heterocycles. The summed E-state index contributed by atoms with van der Waals surface area (Å²) in [5.41, 5.74) is 4.29. The number of H-pyrrole nitrogens is 1. The average molecular weight is 332 g/mol. The minimum atomic E-state index is 0.0283. The van der Waals surface area contributed by atoms with Crippen molar-refractivity contribution < 1.29 is 4.79 Å². The van der Waals surface area contributed by atoms with Gasteiger partial charge in [0.05, 0.1) is 0 Å². The molecule has 3 aromatic rings. The summed E-state index contributed by atoms with van der Waals surface area (Å²) in [6.07, 6.45) is 10.9. The number of nitrogens with one attached hydrogen (secondary N) is 1. The molecular formula is C20H20N4O. The zero-order valence-corrected chi connectivity index (χ0v) is 14.0. The van der Waals surface area contributed by atoms with Gasteiger partial charge in [0.1, 0.15) is 5.65 Å². The minimum Gasteiger partial charge on any atom is -0.346 e. The monoisotopic (exact) mass is 332 g/mol. The first-order valence-electron chi connectivity index (χ1n) is 8.52. The Labute approximate surface area is 146 Å². The maximum absolute atomic E-state index is 11.7. The lowest BCUT2D eigenvalue weighted by atomic mass is 9.98. The summed E-state index contributed by atoms with van der Waals surface area (Å²) >= 11 is 0. The van der Waals surface area contributed by atoms with E-state index >= 15 is 0 Å². The average Bonchev–Trinajstić information content (AvgIpc) is 3.28. The van der Waals surface area contributed by atoms with E-state index in [0.29, 0.717) is 5.92 Å². The summed E-state index contributed by atoms with van der Waals surface area (Å²) in [5, 5.41) is 1.11. The Morgan fingerprint density at radius 2 is 2.36 bits per heavy atom. The highest BCUT2D eigenvalue weighted by Crippen LogP contribution is 2.29. The van der Waals surface area contributed by atoms with Crippen LogP contribution in [0.15, 0.2) is 55.6 Å². The number of aromatic amines is 1. The molecule has 5 heteroatoms. The third-order valence-corrected chi connectivity index (χ3v) is 4.86. The SMILES string of the molecule is C=CC(=O)N1CC[C@@H](Cc2cnc3[nH]cc(-c4cccnc4)c3c2)C1. The predicted octanol–water partition coefficient (Wildman–Crippen LogP) is 3.20. The van der Waals surface area contributed by atoms with E-state index in [1.807, 2.05) is 29.6 Å². The van der Waals surface area contributed by atoms with Crippen LogP contribution >= 0.6 is 0 Å². The van der Waals surface area contributed by atoms with E-state index < -0.39 is 0 Å². The lowest BCUT2D eigenvalue weighted by molar-refractivity contribution is -0.125. The Balaban J connectivity index is 1.57. The molecule has 0 aliphatic carbocycles. The summed E-state index contributed by atoms with van der Waals surface area (Å²) in [7, 11) is 0. The van der Waals surface area contributed by atoms with Gasteiger partial charge in [0.15, 0.2) is 0 Å². The van der Waals surface area contributed by atoms with Crippen molar-refractivity contribution in [2.24, 2.45) is 5.92 Å². The van der Waals surface area contributed by atoms with Crippen molar-refractivity contribution in [3.63, 3.8) is 0 Å². The summed E-state index contributed by atoms with van der Waals surface area (Å²) in [4.78, 5) is 25.6. The van der Waals surface area contributed by atoms with E-state index in [1.165, 1.54) is 11.6 Å². The highest BCUT2D eigenvalue weighted by Gasteiger charge is 2.25. The van der Waals surface area contributed by atoms with Crippen LogP contribution in [0, 0.1) is 5.92 Å². The van der Waals surface area contributed by atoms with Crippen molar-refractivity contribution in [1.82, 2.24) is 19.9 Å². The topological polar surface area (TPSA) is 61.9 Å². The van der Waals surface area contributed by atoms with Crippen LogP contribution < -0.4 is 0 Å². The molecule has 3 aromatic heterocycles. The lowest BCUT2D eigenvalue weighted by Crippen LogP contribution is -2.26. The van der Waals surface area contributed by atoms with Crippen LogP contribution in [-0.4, -0.2) is 38.8 Å². The molecule has 0 spiro atoms. The van der Waals surface area contributed by atoms with Gasteiger partial charge in [0, 0.05) is 54.4 Å². The van der Waals surface area contributed by atoms with Crippen molar-refractivity contribution in [1.29, 1.82) is 0 Å². The number of carbonyl (C=O) groups is 1. The first-order valence-corrected chi connectivity index (χ1v) is 8.52. The second-order valence-corrected chi connectivity index (χ2v) is 6.53. The minimum absolute atomic E-state index is 0.0283. The molecule has 0 saturated carbocycles. The van der Waals surface area contributed by atoms with Gasteiger partial charge in [-0.3, -0.25) is 9.78 Å². The highest BCUT2D eigenvalue weighted by atomic mass is 16.2. The van der Waals surface area contributed by atoms with Crippen LogP contribution in [-0.2, 0) is 11.2 Å². The summed E-state index contributed by atoms with van der Waals surface area (Å²) < 4.78 is 0. The number of hydrogen-bond acceptors (Lipinski definition) is 3. The Morgan fingerprint density at radius 1 is 1.44 bits per heavy atom. The fourth-order valence-electron chi connectivity index (χ4n) is 3.58. The zero-order valence-electron chi connectivity index (χ0n) is 14.0. The van der Waals surface area contributed by atoms with Crippen molar-refractivity contribution in [3.05, 3.63) is 61.2 Å². The molecule has 5 nitrogen and oxygen atoms in total. The number of pyridine rings is 2. The maximum Gasteiger partial charge on any atom is 0.245 e. The number of nitrogens with zero attached hydrogens (tertiary/aromatic N) is 3. The third-order valence-electron chi connectivity index (χ3n) is 4.86. The van der Waals surface area contributed by atoms with Crippen LogP contribution in [0.25, 0.3) is 22.2 Å². The molecule has 1 atom stereocenters. The van der Waals surface area contributed by atoms with Crippen LogP contribution in [0.1, 0.15) is 12.0 Å². The number of rotatable bonds is 4. The van der Waals surface area contributed by atoms with Gasteiger partial charge in [0.2, 0.25) is 5.91 Å². The zero-order chi connectivity index (χ0) is 17.2. The van der Waals surface area contributed by atoms with Gasteiger partial charge in [-0.2, -0.15) is 0 Å². The Hall–Kier alpha value is -2.95. The molecule has 1 N–H and O–H groups in total. The molecule has 0 aromatic carbocycles. The number of hydrogen-bond donors (Lipinski definition) is 1. The van der Waals surface area contributed by atoms with Gasteiger partial charge < -0.3 is 9.88 Å². The van der Waals surface area contributed by atoms with E-state index in [4.69, 9.17) is 0 Å². The van der Waals surface area contributed by atoms with Gasteiger partial charge in [-0.05, 0) is 42.5 Å². The van der Waals surface area contributed by atoms with Gasteiger partial charge in [-0.25, -0.2) is 4.98 Å². The normalized spacial score (nSPS) is 17.1. The van der Waals surface area contributed by atoms with Crippen LogP contribution in [0.4, 0.5) is 0 Å². The molecule has 1 saturated heterocycles. The first-order chi connectivity index (χ1) is 12.2. The molecule has 0 unspecified atom stereocenters. The molecule has 0 bridgehead atoms. The molecule has 0 radical (unpaired) electrons. The fraction of sp³-hybridized carbons (Fsp3) is 0.250. The third kappa shape index (κ3) is 3.05. The van der Waals surface area contributed by atoms with Gasteiger partial charge in [-0.15, -0.1) is 0 Å². The number of fused-ring (bicyclic) bond motifs is 1. The number of carbonyl (C=O) groups excluding carboxylic acids is 1. The van der Waals surface area contributed by atoms with Gasteiger partial charge in [-0.1, -0.05) is 12.6 Å². The Kier molecular flexibility index (Phi) is 4.06. The summed E-state index contributed by atoms with van der Waals surface area (Å²) in [6.45, 7) is 5.18. The lowest BCUT2D eigenvalue weighted by Gasteiger charge is -2.14. The smallest absolute Gasteiger partial charge is 0.245 e. The number of amides is 1.